The molecule has 3 rings (SSSR count). The molecule has 0 aliphatic heterocycles. The Morgan fingerprint density at radius 3 is 2.31 bits per heavy atom. The van der Waals surface area contributed by atoms with Crippen LogP contribution in [0.25, 0.3) is 10.2 Å². The fourth-order valence-corrected chi connectivity index (χ4v) is 4.17. The fraction of sp³-hybridized carbons (Fsp3) is 0.261. The second-order valence-electron chi connectivity index (χ2n) is 6.41. The molecule has 0 aliphatic rings. The summed E-state index contributed by atoms with van der Waals surface area (Å²) in [6, 6.07) is 8.19. The van der Waals surface area contributed by atoms with Gasteiger partial charge < -0.3 is 23.5 Å². The highest BCUT2D eigenvalue weighted by molar-refractivity contribution is 7.16. The normalized spacial score (nSPS) is 11.2. The highest BCUT2D eigenvalue weighted by atomic mass is 32.1. The topological polar surface area (TPSA) is 88.4 Å². The van der Waals surface area contributed by atoms with Crippen LogP contribution in [0.1, 0.15) is 27.6 Å². The first-order valence-electron chi connectivity index (χ1n) is 9.60. The van der Waals surface area contributed by atoms with Crippen molar-refractivity contribution in [3.8, 4) is 29.6 Å². The number of aromatic nitrogens is 1. The van der Waals surface area contributed by atoms with E-state index in [-0.39, 0.29) is 18.7 Å². The van der Waals surface area contributed by atoms with Crippen LogP contribution in [0.4, 0.5) is 0 Å². The number of nitrogens with zero attached hydrogens (tertiary/aromatic N) is 2. The van der Waals surface area contributed by atoms with Gasteiger partial charge in [0.15, 0.2) is 16.3 Å². The van der Waals surface area contributed by atoms with Crippen LogP contribution in [0.2, 0.25) is 0 Å². The number of methoxy groups -OCH3 is 3. The molecule has 1 heterocycles. The van der Waals surface area contributed by atoms with Crippen LogP contribution in [0.15, 0.2) is 35.3 Å². The van der Waals surface area contributed by atoms with Gasteiger partial charge in [-0.3, -0.25) is 4.79 Å². The molecular weight excluding hydrogens is 432 g/mol. The number of rotatable bonds is 7. The second kappa shape index (κ2) is 10.0. The molecule has 0 unspecified atom stereocenters. The molecule has 166 valence electrons. The molecule has 0 N–H and O–H groups in total. The number of thiazole rings is 1. The Morgan fingerprint density at radius 1 is 1.06 bits per heavy atom. The number of fused-ring (bicyclic) bond motifs is 1. The SMILES string of the molecule is C#CCn1c(=NC(=O)c2cc(OC)c(OC)c(OC)c2)sc2cc(C(=O)OCC)ccc21. The third kappa shape index (κ3) is 4.45. The zero-order valence-electron chi connectivity index (χ0n) is 18.1. The predicted molar refractivity (Wildman–Crippen MR) is 121 cm³/mol. The number of hydrogen-bond donors (Lipinski definition) is 0. The van der Waals surface area contributed by atoms with Gasteiger partial charge in [-0.1, -0.05) is 17.3 Å². The molecule has 0 spiro atoms. The summed E-state index contributed by atoms with van der Waals surface area (Å²) in [5.41, 5.74) is 1.44. The summed E-state index contributed by atoms with van der Waals surface area (Å²) >= 11 is 1.25. The molecule has 0 fully saturated rings. The highest BCUT2D eigenvalue weighted by Crippen LogP contribution is 2.38. The Labute approximate surface area is 189 Å². The zero-order valence-corrected chi connectivity index (χ0v) is 18.9. The number of hydrogen-bond acceptors (Lipinski definition) is 7. The third-order valence-corrected chi connectivity index (χ3v) is 5.59. The maximum Gasteiger partial charge on any atom is 0.338 e. The van der Waals surface area contributed by atoms with Gasteiger partial charge in [-0.15, -0.1) is 6.42 Å². The van der Waals surface area contributed by atoms with E-state index in [4.69, 9.17) is 25.4 Å². The molecule has 0 atom stereocenters. The molecule has 0 saturated heterocycles. The van der Waals surface area contributed by atoms with E-state index >= 15 is 0 Å². The molecular formula is C23H22N2O6S. The molecule has 0 bridgehead atoms. The first kappa shape index (κ1) is 22.9. The summed E-state index contributed by atoms with van der Waals surface area (Å²) in [4.78, 5) is 29.7. The van der Waals surface area contributed by atoms with Gasteiger partial charge in [0.1, 0.15) is 0 Å². The van der Waals surface area contributed by atoms with Crippen LogP contribution >= 0.6 is 11.3 Å². The number of amides is 1. The van der Waals surface area contributed by atoms with E-state index in [1.54, 1.807) is 29.7 Å². The van der Waals surface area contributed by atoms with E-state index < -0.39 is 11.9 Å². The number of carbonyl (C=O) groups is 2. The summed E-state index contributed by atoms with van der Waals surface area (Å²) in [6.45, 7) is 2.23. The van der Waals surface area contributed by atoms with Crippen molar-refractivity contribution in [3.63, 3.8) is 0 Å². The Kier molecular flexibility index (Phi) is 7.18. The van der Waals surface area contributed by atoms with Gasteiger partial charge in [0.25, 0.3) is 5.91 Å². The molecule has 2 aromatic carbocycles. The summed E-state index contributed by atoms with van der Waals surface area (Å²) in [7, 11) is 4.42. The summed E-state index contributed by atoms with van der Waals surface area (Å²) in [5, 5.41) is 0. The van der Waals surface area contributed by atoms with Crippen LogP contribution in [0.5, 0.6) is 17.2 Å². The van der Waals surface area contributed by atoms with E-state index in [0.29, 0.717) is 27.6 Å². The number of ether oxygens (including phenoxy) is 4. The van der Waals surface area contributed by atoms with E-state index in [1.165, 1.54) is 44.8 Å². The summed E-state index contributed by atoms with van der Waals surface area (Å²) in [5.74, 6) is 2.72. The number of esters is 1. The van der Waals surface area contributed by atoms with Crippen LogP contribution < -0.4 is 19.0 Å². The number of terminal acetylenes is 1. The van der Waals surface area contributed by atoms with Crippen molar-refractivity contribution in [2.45, 2.75) is 13.5 Å². The molecule has 32 heavy (non-hydrogen) atoms. The first-order valence-corrected chi connectivity index (χ1v) is 10.4. The minimum atomic E-state index is -0.507. The quantitative estimate of drug-likeness (QED) is 0.402. The molecule has 9 heteroatoms. The summed E-state index contributed by atoms with van der Waals surface area (Å²) < 4.78 is 23.5. The standard InChI is InChI=1S/C23H22N2O6S/c1-6-10-25-16-9-8-14(22(27)31-7-2)13-19(16)32-23(25)24-21(26)15-11-17(28-3)20(30-5)18(12-15)29-4/h1,8-9,11-13H,7,10H2,2-5H3. The minimum absolute atomic E-state index is 0.208. The van der Waals surface area contributed by atoms with Gasteiger partial charge >= 0.3 is 5.97 Å². The van der Waals surface area contributed by atoms with E-state index in [0.717, 1.165) is 10.2 Å². The first-order chi connectivity index (χ1) is 15.5. The molecule has 0 saturated carbocycles. The lowest BCUT2D eigenvalue weighted by molar-refractivity contribution is 0.0526. The predicted octanol–water partition coefficient (Wildman–Crippen LogP) is 3.28. The van der Waals surface area contributed by atoms with Crippen LogP contribution in [-0.4, -0.2) is 44.4 Å². The number of benzene rings is 2. The second-order valence-corrected chi connectivity index (χ2v) is 7.42. The van der Waals surface area contributed by atoms with Gasteiger partial charge in [0.05, 0.1) is 50.3 Å². The van der Waals surface area contributed by atoms with Crippen molar-refractivity contribution < 1.29 is 28.5 Å². The maximum atomic E-state index is 13.0. The largest absolute Gasteiger partial charge is 0.493 e. The molecule has 0 radical (unpaired) electrons. The van der Waals surface area contributed by atoms with E-state index in [2.05, 4.69) is 10.9 Å². The molecule has 1 amide bonds. The van der Waals surface area contributed by atoms with E-state index in [9.17, 15) is 9.59 Å². The number of carbonyl (C=O) groups excluding carboxylic acids is 2. The molecule has 8 nitrogen and oxygen atoms in total. The summed E-state index contributed by atoms with van der Waals surface area (Å²) in [6.07, 6.45) is 5.53. The van der Waals surface area contributed by atoms with Crippen molar-refractivity contribution in [1.29, 1.82) is 0 Å². The van der Waals surface area contributed by atoms with Crippen LogP contribution in [-0.2, 0) is 11.3 Å². The lowest BCUT2D eigenvalue weighted by Crippen LogP contribution is -2.16. The van der Waals surface area contributed by atoms with Gasteiger partial charge in [-0.2, -0.15) is 4.99 Å². The lowest BCUT2D eigenvalue weighted by Gasteiger charge is -2.12. The van der Waals surface area contributed by atoms with Crippen molar-refractivity contribution in [3.05, 3.63) is 46.3 Å². The highest BCUT2D eigenvalue weighted by Gasteiger charge is 2.18. The van der Waals surface area contributed by atoms with Gasteiger partial charge in [-0.05, 0) is 37.3 Å². The van der Waals surface area contributed by atoms with Crippen molar-refractivity contribution >= 4 is 33.4 Å². The lowest BCUT2D eigenvalue weighted by atomic mass is 10.1. The van der Waals surface area contributed by atoms with Gasteiger partial charge in [0, 0.05) is 5.56 Å². The maximum absolute atomic E-state index is 13.0. The molecule has 3 aromatic rings. The average Bonchev–Trinajstić information content (AvgIpc) is 3.14. The molecule has 1 aromatic heterocycles. The molecule has 0 aliphatic carbocycles. The third-order valence-electron chi connectivity index (χ3n) is 4.55. The average molecular weight is 455 g/mol. The van der Waals surface area contributed by atoms with Crippen molar-refractivity contribution in [2.75, 3.05) is 27.9 Å². The zero-order chi connectivity index (χ0) is 23.3. The van der Waals surface area contributed by atoms with Gasteiger partial charge in [0.2, 0.25) is 5.75 Å². The Hall–Kier alpha value is -3.77. The Balaban J connectivity index is 2.12. The van der Waals surface area contributed by atoms with Crippen molar-refractivity contribution in [1.82, 2.24) is 4.57 Å². The van der Waals surface area contributed by atoms with Crippen LogP contribution in [0, 0.1) is 12.3 Å². The minimum Gasteiger partial charge on any atom is -0.493 e. The fourth-order valence-electron chi connectivity index (χ4n) is 3.10. The smallest absolute Gasteiger partial charge is 0.338 e. The van der Waals surface area contributed by atoms with E-state index in [1.807, 2.05) is 0 Å². The Bertz CT molecular complexity index is 1260. The van der Waals surface area contributed by atoms with Crippen LogP contribution in [0.3, 0.4) is 0 Å². The monoisotopic (exact) mass is 454 g/mol. The van der Waals surface area contributed by atoms with Gasteiger partial charge in [-0.25, -0.2) is 4.79 Å². The van der Waals surface area contributed by atoms with Crippen molar-refractivity contribution in [2.24, 2.45) is 4.99 Å². The Morgan fingerprint density at radius 2 is 1.75 bits per heavy atom.